The minimum Gasteiger partial charge on any atom is -0.452 e. The van der Waals surface area contributed by atoms with Crippen molar-refractivity contribution in [2.24, 2.45) is 0 Å². The summed E-state index contributed by atoms with van der Waals surface area (Å²) in [6.45, 7) is 1.39. The van der Waals surface area contributed by atoms with Crippen molar-refractivity contribution in [1.82, 2.24) is 10.1 Å². The number of hydrogen-bond donors (Lipinski definition) is 0. The number of aromatic nitrogens is 2. The summed E-state index contributed by atoms with van der Waals surface area (Å²) in [5, 5.41) is 4.29. The van der Waals surface area contributed by atoms with E-state index in [9.17, 15) is 9.18 Å². The molecule has 0 saturated carbocycles. The van der Waals surface area contributed by atoms with Gasteiger partial charge in [-0.05, 0) is 36.8 Å². The summed E-state index contributed by atoms with van der Waals surface area (Å²) >= 11 is 6.06. The van der Waals surface area contributed by atoms with Gasteiger partial charge in [0.2, 0.25) is 5.82 Å². The second-order valence-electron chi connectivity index (χ2n) is 5.03. The molecule has 0 aliphatic carbocycles. The smallest absolute Gasteiger partial charge is 0.338 e. The molecular formula is C17H12ClFN2O3. The molecule has 3 aromatic rings. The highest BCUT2D eigenvalue weighted by molar-refractivity contribution is 6.33. The molecule has 5 nitrogen and oxygen atoms in total. The van der Waals surface area contributed by atoms with Gasteiger partial charge in [0, 0.05) is 5.56 Å². The molecule has 2 aromatic carbocycles. The Hall–Kier alpha value is -2.73. The zero-order chi connectivity index (χ0) is 17.1. The van der Waals surface area contributed by atoms with Crippen LogP contribution in [-0.2, 0) is 11.3 Å². The number of aryl methyl sites for hydroxylation is 1. The summed E-state index contributed by atoms with van der Waals surface area (Å²) in [6.07, 6.45) is 0. The predicted octanol–water partition coefficient (Wildman–Crippen LogP) is 4.19. The summed E-state index contributed by atoms with van der Waals surface area (Å²) in [5.74, 6) is -0.728. The van der Waals surface area contributed by atoms with Crippen LogP contribution in [-0.4, -0.2) is 16.1 Å². The number of nitrogens with zero attached hydrogens (tertiary/aromatic N) is 2. The van der Waals surface area contributed by atoms with E-state index in [-0.39, 0.29) is 18.1 Å². The molecule has 3 rings (SSSR count). The lowest BCUT2D eigenvalue weighted by molar-refractivity contribution is 0.0429. The number of halogens is 2. The molecular weight excluding hydrogens is 335 g/mol. The number of carbonyl (C=O) groups is 1. The quantitative estimate of drug-likeness (QED) is 0.662. The number of ether oxygens (including phenoxy) is 1. The van der Waals surface area contributed by atoms with Crippen LogP contribution in [0.1, 0.15) is 21.8 Å². The van der Waals surface area contributed by atoms with Crippen molar-refractivity contribution < 1.29 is 18.4 Å². The van der Waals surface area contributed by atoms with Crippen LogP contribution in [0.3, 0.4) is 0 Å². The largest absolute Gasteiger partial charge is 0.452 e. The molecule has 0 radical (unpaired) electrons. The van der Waals surface area contributed by atoms with E-state index in [0.29, 0.717) is 22.0 Å². The lowest BCUT2D eigenvalue weighted by Gasteiger charge is -2.03. The minimum absolute atomic E-state index is 0.115. The van der Waals surface area contributed by atoms with Crippen LogP contribution in [0.4, 0.5) is 4.39 Å². The summed E-state index contributed by atoms with van der Waals surface area (Å²) in [7, 11) is 0. The first-order valence-corrected chi connectivity index (χ1v) is 7.43. The molecule has 0 bridgehead atoms. The Labute approximate surface area is 142 Å². The Morgan fingerprint density at radius 1 is 1.29 bits per heavy atom. The third kappa shape index (κ3) is 3.44. The Morgan fingerprint density at radius 2 is 2.08 bits per heavy atom. The molecule has 1 aromatic heterocycles. The van der Waals surface area contributed by atoms with E-state index in [0.717, 1.165) is 6.07 Å². The zero-order valence-corrected chi connectivity index (χ0v) is 13.4. The van der Waals surface area contributed by atoms with Crippen molar-refractivity contribution in [3.63, 3.8) is 0 Å². The van der Waals surface area contributed by atoms with Crippen molar-refractivity contribution in [3.8, 4) is 11.4 Å². The van der Waals surface area contributed by atoms with Crippen molar-refractivity contribution in [3.05, 3.63) is 70.3 Å². The molecule has 0 amide bonds. The van der Waals surface area contributed by atoms with E-state index in [1.54, 1.807) is 31.2 Å². The van der Waals surface area contributed by atoms with Crippen LogP contribution in [0, 0.1) is 12.7 Å². The summed E-state index contributed by atoms with van der Waals surface area (Å²) < 4.78 is 23.6. The molecule has 0 fully saturated rings. The number of hydrogen-bond acceptors (Lipinski definition) is 5. The van der Waals surface area contributed by atoms with Crippen LogP contribution in [0.15, 0.2) is 47.0 Å². The molecule has 0 aliphatic rings. The third-order valence-corrected chi connectivity index (χ3v) is 3.65. The van der Waals surface area contributed by atoms with Gasteiger partial charge >= 0.3 is 5.97 Å². The number of carbonyl (C=O) groups excluding carboxylic acids is 1. The van der Waals surface area contributed by atoms with Crippen LogP contribution < -0.4 is 0 Å². The average molecular weight is 347 g/mol. The van der Waals surface area contributed by atoms with Crippen LogP contribution in [0.2, 0.25) is 5.02 Å². The highest BCUT2D eigenvalue weighted by atomic mass is 35.5. The maximum atomic E-state index is 13.5. The van der Waals surface area contributed by atoms with Crippen molar-refractivity contribution in [1.29, 1.82) is 0 Å². The fourth-order valence-corrected chi connectivity index (χ4v) is 2.22. The normalized spacial score (nSPS) is 10.6. The first-order chi connectivity index (χ1) is 11.5. The Kier molecular flexibility index (Phi) is 4.57. The van der Waals surface area contributed by atoms with Gasteiger partial charge in [-0.1, -0.05) is 35.0 Å². The molecule has 0 spiro atoms. The van der Waals surface area contributed by atoms with Gasteiger partial charge in [-0.15, -0.1) is 0 Å². The Morgan fingerprint density at radius 3 is 2.83 bits per heavy atom. The van der Waals surface area contributed by atoms with Crippen molar-refractivity contribution >= 4 is 17.6 Å². The van der Waals surface area contributed by atoms with Crippen LogP contribution in [0.5, 0.6) is 0 Å². The number of benzene rings is 2. The van der Waals surface area contributed by atoms with Crippen molar-refractivity contribution in [2.75, 3.05) is 0 Å². The number of rotatable bonds is 4. The fraction of sp³-hybridized carbons (Fsp3) is 0.118. The molecule has 0 unspecified atom stereocenters. The molecule has 24 heavy (non-hydrogen) atoms. The van der Waals surface area contributed by atoms with Gasteiger partial charge in [-0.2, -0.15) is 4.98 Å². The van der Waals surface area contributed by atoms with E-state index in [1.165, 1.54) is 12.1 Å². The van der Waals surface area contributed by atoms with Gasteiger partial charge in [-0.3, -0.25) is 0 Å². The molecule has 0 aliphatic heterocycles. The number of esters is 1. The second kappa shape index (κ2) is 6.80. The SMILES string of the molecule is Cc1ccc(C(=O)OCc2nc(-c3ccccc3Cl)no2)cc1F. The first-order valence-electron chi connectivity index (χ1n) is 7.05. The molecule has 122 valence electrons. The standard InChI is InChI=1S/C17H12ClFN2O3/c1-10-6-7-11(8-14(10)19)17(22)23-9-15-20-16(21-24-15)12-4-2-3-5-13(12)18/h2-8H,9H2,1H3. The van der Waals surface area contributed by atoms with E-state index >= 15 is 0 Å². The van der Waals surface area contributed by atoms with Crippen LogP contribution in [0.25, 0.3) is 11.4 Å². The Bertz CT molecular complexity index is 895. The molecule has 0 saturated heterocycles. The fourth-order valence-electron chi connectivity index (χ4n) is 2.00. The third-order valence-electron chi connectivity index (χ3n) is 3.32. The summed E-state index contributed by atoms with van der Waals surface area (Å²) in [6, 6.07) is 11.2. The zero-order valence-electron chi connectivity index (χ0n) is 12.6. The average Bonchev–Trinajstić information content (AvgIpc) is 3.04. The van der Waals surface area contributed by atoms with Crippen LogP contribution >= 0.6 is 11.6 Å². The molecule has 1 heterocycles. The molecule has 7 heteroatoms. The maximum Gasteiger partial charge on any atom is 0.338 e. The topological polar surface area (TPSA) is 65.2 Å². The van der Waals surface area contributed by atoms with E-state index in [4.69, 9.17) is 20.9 Å². The first kappa shape index (κ1) is 16.1. The van der Waals surface area contributed by atoms with E-state index < -0.39 is 11.8 Å². The second-order valence-corrected chi connectivity index (χ2v) is 5.44. The van der Waals surface area contributed by atoms with Crippen molar-refractivity contribution in [2.45, 2.75) is 13.5 Å². The highest BCUT2D eigenvalue weighted by Crippen LogP contribution is 2.25. The monoisotopic (exact) mass is 346 g/mol. The van der Waals surface area contributed by atoms with Gasteiger partial charge in [0.25, 0.3) is 5.89 Å². The molecule has 0 N–H and O–H groups in total. The minimum atomic E-state index is -0.675. The lowest BCUT2D eigenvalue weighted by atomic mass is 10.1. The van der Waals surface area contributed by atoms with E-state index in [1.807, 2.05) is 0 Å². The summed E-state index contributed by atoms with van der Waals surface area (Å²) in [4.78, 5) is 16.0. The van der Waals surface area contributed by atoms with Gasteiger partial charge in [0.15, 0.2) is 6.61 Å². The van der Waals surface area contributed by atoms with E-state index in [2.05, 4.69) is 10.1 Å². The highest BCUT2D eigenvalue weighted by Gasteiger charge is 2.14. The van der Waals surface area contributed by atoms with Gasteiger partial charge < -0.3 is 9.26 Å². The maximum absolute atomic E-state index is 13.5. The lowest BCUT2D eigenvalue weighted by Crippen LogP contribution is -2.06. The Balaban J connectivity index is 1.68. The predicted molar refractivity (Wildman–Crippen MR) is 85.0 cm³/mol. The van der Waals surface area contributed by atoms with Gasteiger partial charge in [-0.25, -0.2) is 9.18 Å². The van der Waals surface area contributed by atoms with Gasteiger partial charge in [0.1, 0.15) is 5.82 Å². The van der Waals surface area contributed by atoms with Gasteiger partial charge in [0.05, 0.1) is 10.6 Å². The molecule has 0 atom stereocenters. The summed E-state index contributed by atoms with van der Waals surface area (Å²) in [5.41, 5.74) is 1.18.